The quantitative estimate of drug-likeness (QED) is 0.599. The number of hydrogen-bond donors (Lipinski definition) is 0. The Morgan fingerprint density at radius 3 is 2.60 bits per heavy atom. The van der Waals surface area contributed by atoms with E-state index in [1.54, 1.807) is 6.92 Å². The van der Waals surface area contributed by atoms with Crippen LogP contribution in [0.15, 0.2) is 12.1 Å². The van der Waals surface area contributed by atoms with Crippen LogP contribution in [0.1, 0.15) is 5.56 Å². The molecule has 15 heavy (non-hydrogen) atoms. The van der Waals surface area contributed by atoms with E-state index in [1.807, 2.05) is 0 Å². The van der Waals surface area contributed by atoms with Crippen LogP contribution < -0.4 is 4.74 Å². The van der Waals surface area contributed by atoms with Crippen LogP contribution in [0.4, 0.5) is 14.5 Å². The smallest absolute Gasteiger partial charge is 0.387 e. The van der Waals surface area contributed by atoms with Crippen molar-refractivity contribution in [1.82, 2.24) is 0 Å². The number of nitro benzene ring substituents is 1. The highest BCUT2D eigenvalue weighted by atomic mass is 35.5. The van der Waals surface area contributed by atoms with Gasteiger partial charge in [-0.3, -0.25) is 10.1 Å². The molecule has 0 atom stereocenters. The Kier molecular flexibility index (Phi) is 3.41. The summed E-state index contributed by atoms with van der Waals surface area (Å²) in [6, 6.07) is 2.43. The summed E-state index contributed by atoms with van der Waals surface area (Å²) in [6.07, 6.45) is 0. The predicted octanol–water partition coefficient (Wildman–Crippen LogP) is 3.16. The zero-order valence-electron chi connectivity index (χ0n) is 7.54. The van der Waals surface area contributed by atoms with Gasteiger partial charge in [-0.1, -0.05) is 11.6 Å². The summed E-state index contributed by atoms with van der Waals surface area (Å²) in [5.41, 5.74) is -0.0754. The van der Waals surface area contributed by atoms with Crippen LogP contribution in [0.5, 0.6) is 5.75 Å². The minimum absolute atomic E-state index is 0.206. The Labute approximate surface area is 88.6 Å². The molecule has 1 rings (SSSR count). The van der Waals surface area contributed by atoms with E-state index in [-0.39, 0.29) is 5.02 Å². The third kappa shape index (κ3) is 2.76. The number of nitrogens with zero attached hydrogens (tertiary/aromatic N) is 1. The van der Waals surface area contributed by atoms with Crippen molar-refractivity contribution in [1.29, 1.82) is 0 Å². The summed E-state index contributed by atoms with van der Waals surface area (Å²) in [5, 5.41) is 10.3. The van der Waals surface area contributed by atoms with E-state index in [0.29, 0.717) is 5.56 Å². The first kappa shape index (κ1) is 11.6. The van der Waals surface area contributed by atoms with E-state index < -0.39 is 23.0 Å². The van der Waals surface area contributed by atoms with Crippen molar-refractivity contribution in [2.45, 2.75) is 13.5 Å². The fourth-order valence-corrected chi connectivity index (χ4v) is 1.37. The number of ether oxygens (including phenoxy) is 1. The number of benzene rings is 1. The van der Waals surface area contributed by atoms with Gasteiger partial charge in [-0.25, -0.2) is 0 Å². The molecule has 0 aliphatic carbocycles. The van der Waals surface area contributed by atoms with Gasteiger partial charge in [-0.05, 0) is 18.6 Å². The molecular formula is C8H6ClF2NO3. The maximum atomic E-state index is 11.9. The molecule has 0 aliphatic rings. The average molecular weight is 238 g/mol. The van der Waals surface area contributed by atoms with Gasteiger partial charge < -0.3 is 4.74 Å². The fourth-order valence-electron chi connectivity index (χ4n) is 1.05. The maximum Gasteiger partial charge on any atom is 0.387 e. The third-order valence-corrected chi connectivity index (χ3v) is 1.85. The van der Waals surface area contributed by atoms with Gasteiger partial charge >= 0.3 is 12.3 Å². The predicted molar refractivity (Wildman–Crippen MR) is 49.5 cm³/mol. The molecule has 0 spiro atoms. The monoisotopic (exact) mass is 237 g/mol. The van der Waals surface area contributed by atoms with Gasteiger partial charge in [0.1, 0.15) is 0 Å². The summed E-state index contributed by atoms with van der Waals surface area (Å²) in [6.45, 7) is -1.59. The summed E-state index contributed by atoms with van der Waals surface area (Å²) < 4.78 is 27.9. The zero-order valence-corrected chi connectivity index (χ0v) is 8.29. The topological polar surface area (TPSA) is 52.4 Å². The normalized spacial score (nSPS) is 10.5. The molecule has 0 aromatic heterocycles. The molecular weight excluding hydrogens is 232 g/mol. The van der Waals surface area contributed by atoms with Crippen LogP contribution in [0.25, 0.3) is 0 Å². The van der Waals surface area contributed by atoms with Gasteiger partial charge in [0.2, 0.25) is 5.75 Å². The van der Waals surface area contributed by atoms with Crippen molar-refractivity contribution < 1.29 is 18.4 Å². The molecule has 0 aliphatic heterocycles. The zero-order chi connectivity index (χ0) is 11.6. The molecule has 0 N–H and O–H groups in total. The van der Waals surface area contributed by atoms with Crippen molar-refractivity contribution in [3.63, 3.8) is 0 Å². The van der Waals surface area contributed by atoms with Crippen molar-refractivity contribution >= 4 is 17.3 Å². The third-order valence-electron chi connectivity index (χ3n) is 1.57. The standard InChI is InChI=1S/C8H6ClF2NO3/c1-4-2-5(9)7(15-8(10)11)6(3-4)12(13)14/h2-3,8H,1H3. The molecule has 0 fully saturated rings. The molecule has 7 heteroatoms. The lowest BCUT2D eigenvalue weighted by atomic mass is 10.2. The Hall–Kier alpha value is -1.43. The highest BCUT2D eigenvalue weighted by Gasteiger charge is 2.22. The van der Waals surface area contributed by atoms with E-state index in [1.165, 1.54) is 6.07 Å². The van der Waals surface area contributed by atoms with Gasteiger partial charge in [0.15, 0.2) is 0 Å². The van der Waals surface area contributed by atoms with Crippen LogP contribution >= 0.6 is 11.6 Å². The molecule has 1 aromatic rings. The SMILES string of the molecule is Cc1cc(Cl)c(OC(F)F)c([N+](=O)[O-])c1. The Balaban J connectivity index is 3.27. The van der Waals surface area contributed by atoms with Crippen molar-refractivity contribution in [2.24, 2.45) is 0 Å². The summed E-state index contributed by atoms with van der Waals surface area (Å²) in [5.74, 6) is -0.609. The average Bonchev–Trinajstić information content (AvgIpc) is 2.08. The number of hydrogen-bond acceptors (Lipinski definition) is 3. The summed E-state index contributed by atoms with van der Waals surface area (Å²) in [4.78, 5) is 9.71. The van der Waals surface area contributed by atoms with Gasteiger partial charge in [-0.2, -0.15) is 8.78 Å². The van der Waals surface area contributed by atoms with E-state index in [0.717, 1.165) is 6.07 Å². The van der Waals surface area contributed by atoms with Gasteiger partial charge in [0, 0.05) is 6.07 Å². The molecule has 0 unspecified atom stereocenters. The number of nitro groups is 1. The summed E-state index contributed by atoms with van der Waals surface area (Å²) in [7, 11) is 0. The van der Waals surface area contributed by atoms with E-state index >= 15 is 0 Å². The second-order valence-corrected chi connectivity index (χ2v) is 3.14. The molecule has 4 nitrogen and oxygen atoms in total. The van der Waals surface area contributed by atoms with E-state index in [4.69, 9.17) is 11.6 Å². The highest BCUT2D eigenvalue weighted by Crippen LogP contribution is 2.36. The van der Waals surface area contributed by atoms with Crippen LogP contribution in [0.2, 0.25) is 5.02 Å². The molecule has 0 saturated carbocycles. The fraction of sp³-hybridized carbons (Fsp3) is 0.250. The second kappa shape index (κ2) is 4.39. The minimum atomic E-state index is -3.15. The van der Waals surface area contributed by atoms with E-state index in [2.05, 4.69) is 4.74 Å². The molecule has 0 bridgehead atoms. The number of alkyl halides is 2. The first-order chi connectivity index (χ1) is 6.91. The number of halogens is 3. The Morgan fingerprint density at radius 2 is 2.13 bits per heavy atom. The van der Waals surface area contributed by atoms with Gasteiger partial charge in [0.05, 0.1) is 9.95 Å². The first-order valence-electron chi connectivity index (χ1n) is 3.81. The van der Waals surface area contributed by atoms with Crippen LogP contribution in [-0.4, -0.2) is 11.5 Å². The van der Waals surface area contributed by atoms with Crippen LogP contribution in [0.3, 0.4) is 0 Å². The molecule has 82 valence electrons. The van der Waals surface area contributed by atoms with Crippen molar-refractivity contribution in [3.8, 4) is 5.75 Å². The van der Waals surface area contributed by atoms with Crippen molar-refractivity contribution in [2.75, 3.05) is 0 Å². The Bertz CT molecular complexity index is 398. The van der Waals surface area contributed by atoms with E-state index in [9.17, 15) is 18.9 Å². The molecule has 0 radical (unpaired) electrons. The van der Waals surface area contributed by atoms with Crippen LogP contribution in [-0.2, 0) is 0 Å². The highest BCUT2D eigenvalue weighted by molar-refractivity contribution is 6.32. The molecule has 0 saturated heterocycles. The minimum Gasteiger partial charge on any atom is -0.426 e. The summed E-state index contributed by atoms with van der Waals surface area (Å²) >= 11 is 5.56. The molecule has 0 heterocycles. The Morgan fingerprint density at radius 1 is 1.53 bits per heavy atom. The molecule has 0 amide bonds. The van der Waals surface area contributed by atoms with Crippen LogP contribution in [0, 0.1) is 17.0 Å². The largest absolute Gasteiger partial charge is 0.426 e. The molecule has 1 aromatic carbocycles. The van der Waals surface area contributed by atoms with Gasteiger partial charge in [0.25, 0.3) is 0 Å². The lowest BCUT2D eigenvalue weighted by Gasteiger charge is -2.07. The van der Waals surface area contributed by atoms with Crippen molar-refractivity contribution in [3.05, 3.63) is 32.8 Å². The lowest BCUT2D eigenvalue weighted by molar-refractivity contribution is -0.386. The number of aryl methyl sites for hydroxylation is 1. The maximum absolute atomic E-state index is 11.9. The van der Waals surface area contributed by atoms with Gasteiger partial charge in [-0.15, -0.1) is 0 Å². The number of rotatable bonds is 3. The first-order valence-corrected chi connectivity index (χ1v) is 4.19. The second-order valence-electron chi connectivity index (χ2n) is 2.73. The lowest BCUT2D eigenvalue weighted by Crippen LogP contribution is -2.05.